The Hall–Kier alpha value is -0.850. The summed E-state index contributed by atoms with van der Waals surface area (Å²) in [6.45, 7) is 3.14. The predicted molar refractivity (Wildman–Crippen MR) is 75.7 cm³/mol. The molecule has 7 heteroatoms. The number of hydrogen-bond donors (Lipinski definition) is 2. The number of ether oxygens (including phenoxy) is 1. The highest BCUT2D eigenvalue weighted by atomic mass is 79.9. The van der Waals surface area contributed by atoms with E-state index in [4.69, 9.17) is 5.73 Å². The van der Waals surface area contributed by atoms with Crippen LogP contribution in [0.2, 0.25) is 0 Å². The molecule has 0 heterocycles. The van der Waals surface area contributed by atoms with Crippen molar-refractivity contribution in [3.63, 3.8) is 0 Å². The number of phenolic OH excluding ortho intramolecular Hbond substituents is 1. The second-order valence-corrected chi connectivity index (χ2v) is 5.43. The minimum Gasteiger partial charge on any atom is -0.505 e. The molecule has 1 atom stereocenters. The van der Waals surface area contributed by atoms with Crippen LogP contribution in [0.15, 0.2) is 16.6 Å². The molecule has 19 heavy (non-hydrogen) atoms. The fourth-order valence-corrected chi connectivity index (χ4v) is 2.05. The summed E-state index contributed by atoms with van der Waals surface area (Å²) in [4.78, 5) is 11.6. The zero-order chi connectivity index (χ0) is 14.1. The van der Waals surface area contributed by atoms with Gasteiger partial charge in [-0.25, -0.2) is 4.39 Å². The highest BCUT2D eigenvalue weighted by Gasteiger charge is 2.38. The molecule has 0 saturated heterocycles. The Morgan fingerprint density at radius 2 is 2.05 bits per heavy atom. The van der Waals surface area contributed by atoms with Gasteiger partial charge in [-0.2, -0.15) is 0 Å². The van der Waals surface area contributed by atoms with Crippen LogP contribution >= 0.6 is 28.3 Å². The number of esters is 1. The summed E-state index contributed by atoms with van der Waals surface area (Å²) < 4.78 is 18.5. The second-order valence-electron chi connectivity index (χ2n) is 4.52. The van der Waals surface area contributed by atoms with Gasteiger partial charge in [0.25, 0.3) is 0 Å². The van der Waals surface area contributed by atoms with Crippen LogP contribution in [0.25, 0.3) is 0 Å². The summed E-state index contributed by atoms with van der Waals surface area (Å²) in [5.74, 6) is -1.88. The third kappa shape index (κ3) is 3.58. The lowest BCUT2D eigenvalue weighted by Gasteiger charge is -2.29. The van der Waals surface area contributed by atoms with Crippen molar-refractivity contribution in [2.75, 3.05) is 7.11 Å². The van der Waals surface area contributed by atoms with Crippen molar-refractivity contribution in [2.24, 2.45) is 11.1 Å². The van der Waals surface area contributed by atoms with Gasteiger partial charge in [0, 0.05) is 16.1 Å². The molecule has 0 aliphatic carbocycles. The van der Waals surface area contributed by atoms with E-state index in [2.05, 4.69) is 20.7 Å². The molecule has 0 bridgehead atoms. The summed E-state index contributed by atoms with van der Waals surface area (Å²) in [5, 5.41) is 9.68. The molecule has 0 amide bonds. The fraction of sp³-hybridized carbons (Fsp3) is 0.417. The van der Waals surface area contributed by atoms with Crippen molar-refractivity contribution >= 4 is 34.3 Å². The first-order valence-corrected chi connectivity index (χ1v) is 6.03. The third-order valence-electron chi connectivity index (χ3n) is 2.88. The maximum absolute atomic E-state index is 13.4. The van der Waals surface area contributed by atoms with Gasteiger partial charge in [0.05, 0.1) is 12.5 Å². The van der Waals surface area contributed by atoms with Gasteiger partial charge < -0.3 is 15.6 Å². The minimum atomic E-state index is -1.08. The SMILES string of the molecule is COC(=O)C(C)(C)[C@@H](N)c1cc(Br)cc(F)c1O.Cl. The molecule has 0 unspecified atom stereocenters. The topological polar surface area (TPSA) is 72.5 Å². The largest absolute Gasteiger partial charge is 0.505 e. The lowest BCUT2D eigenvalue weighted by molar-refractivity contribution is -0.152. The quantitative estimate of drug-likeness (QED) is 0.817. The number of aromatic hydroxyl groups is 1. The van der Waals surface area contributed by atoms with Crippen LogP contribution in [0.5, 0.6) is 5.75 Å². The molecule has 1 aromatic carbocycles. The van der Waals surface area contributed by atoms with Crippen LogP contribution in [0.3, 0.4) is 0 Å². The Bertz CT molecular complexity index is 482. The zero-order valence-corrected chi connectivity index (χ0v) is 13.1. The standard InChI is InChI=1S/C12H15BrFNO3.ClH/c1-12(2,11(17)18-3)10(15)7-4-6(13)5-8(14)9(7)16;/h4-5,10,16H,15H2,1-3H3;1H/t10-;/m0./s1. The molecule has 0 fully saturated rings. The first-order valence-electron chi connectivity index (χ1n) is 5.23. The number of halogens is 3. The molecule has 1 rings (SSSR count). The average Bonchev–Trinajstić information content (AvgIpc) is 2.31. The van der Waals surface area contributed by atoms with E-state index in [9.17, 15) is 14.3 Å². The molecular weight excluding hydrogens is 340 g/mol. The van der Waals surface area contributed by atoms with E-state index in [1.165, 1.54) is 13.2 Å². The number of phenols is 1. The van der Waals surface area contributed by atoms with E-state index in [0.717, 1.165) is 6.07 Å². The van der Waals surface area contributed by atoms with E-state index < -0.39 is 29.0 Å². The Labute approximate surface area is 125 Å². The lowest BCUT2D eigenvalue weighted by atomic mass is 9.80. The molecule has 0 aliphatic rings. The number of benzene rings is 1. The van der Waals surface area contributed by atoms with Crippen LogP contribution in [0, 0.1) is 11.2 Å². The average molecular weight is 357 g/mol. The van der Waals surface area contributed by atoms with Gasteiger partial charge in [0.1, 0.15) is 0 Å². The Morgan fingerprint density at radius 3 is 2.53 bits per heavy atom. The van der Waals surface area contributed by atoms with Gasteiger partial charge in [-0.15, -0.1) is 12.4 Å². The van der Waals surface area contributed by atoms with Crippen LogP contribution in [-0.2, 0) is 9.53 Å². The van der Waals surface area contributed by atoms with Crippen molar-refractivity contribution < 1.29 is 19.0 Å². The summed E-state index contributed by atoms with van der Waals surface area (Å²) in [7, 11) is 1.25. The summed E-state index contributed by atoms with van der Waals surface area (Å²) in [6, 6.07) is 1.71. The van der Waals surface area contributed by atoms with Crippen molar-refractivity contribution in [3.05, 3.63) is 28.0 Å². The zero-order valence-electron chi connectivity index (χ0n) is 10.7. The monoisotopic (exact) mass is 355 g/mol. The first kappa shape index (κ1) is 18.1. The van der Waals surface area contributed by atoms with E-state index >= 15 is 0 Å². The predicted octanol–water partition coefficient (Wildman–Crippen LogP) is 2.91. The molecule has 3 N–H and O–H groups in total. The fourth-order valence-electron chi connectivity index (χ4n) is 1.60. The number of carbonyl (C=O) groups is 1. The Balaban J connectivity index is 0.00000324. The normalized spacial score (nSPS) is 12.5. The van der Waals surface area contributed by atoms with Crippen molar-refractivity contribution in [1.82, 2.24) is 0 Å². The van der Waals surface area contributed by atoms with Gasteiger partial charge >= 0.3 is 5.97 Å². The smallest absolute Gasteiger partial charge is 0.313 e. The molecule has 0 spiro atoms. The van der Waals surface area contributed by atoms with E-state index in [1.807, 2.05) is 0 Å². The molecular formula is C12H16BrClFNO3. The summed E-state index contributed by atoms with van der Waals surface area (Å²) in [6.07, 6.45) is 0. The Morgan fingerprint density at radius 1 is 1.53 bits per heavy atom. The van der Waals surface area contributed by atoms with Crippen LogP contribution in [0.4, 0.5) is 4.39 Å². The van der Waals surface area contributed by atoms with Crippen molar-refractivity contribution in [1.29, 1.82) is 0 Å². The third-order valence-corrected chi connectivity index (χ3v) is 3.34. The van der Waals surface area contributed by atoms with Gasteiger partial charge in [-0.3, -0.25) is 4.79 Å². The molecule has 1 aromatic rings. The minimum absolute atomic E-state index is 0. The van der Waals surface area contributed by atoms with E-state index in [0.29, 0.717) is 4.47 Å². The molecule has 0 radical (unpaired) electrons. The summed E-state index contributed by atoms with van der Waals surface area (Å²) >= 11 is 3.11. The van der Waals surface area contributed by atoms with Crippen LogP contribution in [0.1, 0.15) is 25.5 Å². The molecule has 0 saturated carbocycles. The molecule has 0 aromatic heterocycles. The number of rotatable bonds is 3. The van der Waals surface area contributed by atoms with Crippen molar-refractivity contribution in [3.8, 4) is 5.75 Å². The van der Waals surface area contributed by atoms with Gasteiger partial charge in [0.2, 0.25) is 0 Å². The van der Waals surface area contributed by atoms with E-state index in [1.54, 1.807) is 13.8 Å². The van der Waals surface area contributed by atoms with Crippen LogP contribution < -0.4 is 5.73 Å². The summed E-state index contributed by atoms with van der Waals surface area (Å²) in [5.41, 5.74) is 5.01. The lowest BCUT2D eigenvalue weighted by Crippen LogP contribution is -2.37. The molecule has 4 nitrogen and oxygen atoms in total. The number of methoxy groups -OCH3 is 1. The number of hydrogen-bond acceptors (Lipinski definition) is 4. The first-order chi connectivity index (χ1) is 8.21. The highest BCUT2D eigenvalue weighted by Crippen LogP contribution is 2.39. The molecule has 0 aliphatic heterocycles. The van der Waals surface area contributed by atoms with E-state index in [-0.39, 0.29) is 18.0 Å². The van der Waals surface area contributed by atoms with Crippen LogP contribution in [-0.4, -0.2) is 18.2 Å². The van der Waals surface area contributed by atoms with Gasteiger partial charge in [-0.1, -0.05) is 15.9 Å². The van der Waals surface area contributed by atoms with Gasteiger partial charge in [-0.05, 0) is 26.0 Å². The highest BCUT2D eigenvalue weighted by molar-refractivity contribution is 9.10. The second kappa shape index (κ2) is 6.54. The number of nitrogens with two attached hydrogens (primary N) is 1. The van der Waals surface area contributed by atoms with Crippen molar-refractivity contribution in [2.45, 2.75) is 19.9 Å². The number of carbonyl (C=O) groups excluding carboxylic acids is 1. The Kier molecular flexibility index (Phi) is 6.25. The molecule has 108 valence electrons. The van der Waals surface area contributed by atoms with Gasteiger partial charge in [0.15, 0.2) is 11.6 Å². The maximum Gasteiger partial charge on any atom is 0.313 e. The maximum atomic E-state index is 13.4.